The van der Waals surface area contributed by atoms with Gasteiger partial charge in [0.25, 0.3) is 5.91 Å². The van der Waals surface area contributed by atoms with Crippen molar-refractivity contribution in [3.05, 3.63) is 53.1 Å². The summed E-state index contributed by atoms with van der Waals surface area (Å²) in [6.07, 6.45) is 4.79. The van der Waals surface area contributed by atoms with Gasteiger partial charge in [-0.05, 0) is 68.1 Å². The number of carbonyl (C=O) groups is 1. The van der Waals surface area contributed by atoms with Gasteiger partial charge in [0.2, 0.25) is 10.0 Å². The Morgan fingerprint density at radius 2 is 1.74 bits per heavy atom. The average Bonchev–Trinajstić information content (AvgIpc) is 3.29. The summed E-state index contributed by atoms with van der Waals surface area (Å²) < 4.78 is 38.3. The number of anilines is 1. The highest BCUT2D eigenvalue weighted by atomic mass is 35.5. The van der Waals surface area contributed by atoms with E-state index in [1.807, 2.05) is 12.1 Å². The molecule has 2 aliphatic rings. The summed E-state index contributed by atoms with van der Waals surface area (Å²) in [4.78, 5) is 12.8. The van der Waals surface area contributed by atoms with E-state index in [0.29, 0.717) is 18.9 Å². The van der Waals surface area contributed by atoms with E-state index in [4.69, 9.17) is 21.1 Å². The van der Waals surface area contributed by atoms with Gasteiger partial charge in [0.15, 0.2) is 0 Å². The Kier molecular flexibility index (Phi) is 6.81. The summed E-state index contributed by atoms with van der Waals surface area (Å²) in [5.74, 6) is 0.287. The van der Waals surface area contributed by atoms with Crippen molar-refractivity contribution in [2.24, 2.45) is 0 Å². The molecule has 0 spiro atoms. The topological polar surface area (TPSA) is 84.9 Å². The number of amides is 1. The van der Waals surface area contributed by atoms with Crippen molar-refractivity contribution >= 4 is 33.2 Å². The lowest BCUT2D eigenvalue weighted by Gasteiger charge is -2.26. The molecule has 2 aromatic carbocycles. The SMILES string of the molecule is O=C(Nc1ccc(OC2CCCC2)cc1)c1cc(S(=O)(=O)N2CCOCC2)ccc1Cl. The monoisotopic (exact) mass is 464 g/mol. The van der Waals surface area contributed by atoms with E-state index in [-0.39, 0.29) is 34.7 Å². The first kappa shape index (κ1) is 22.1. The summed E-state index contributed by atoms with van der Waals surface area (Å²) in [6, 6.07) is 11.3. The quantitative estimate of drug-likeness (QED) is 0.700. The molecule has 1 saturated carbocycles. The third kappa shape index (κ3) is 5.20. The molecular weight excluding hydrogens is 440 g/mol. The van der Waals surface area contributed by atoms with Gasteiger partial charge in [0.05, 0.1) is 34.8 Å². The Bertz CT molecular complexity index is 1030. The van der Waals surface area contributed by atoms with Crippen molar-refractivity contribution in [3.8, 4) is 5.75 Å². The van der Waals surface area contributed by atoms with Crippen LogP contribution in [0.25, 0.3) is 0 Å². The van der Waals surface area contributed by atoms with Crippen LogP contribution in [0.4, 0.5) is 5.69 Å². The Labute approximate surface area is 187 Å². The molecule has 4 rings (SSSR count). The highest BCUT2D eigenvalue weighted by Crippen LogP contribution is 2.27. The first-order chi connectivity index (χ1) is 14.9. The van der Waals surface area contributed by atoms with Crippen LogP contribution in [0.3, 0.4) is 0 Å². The molecule has 9 heteroatoms. The summed E-state index contributed by atoms with van der Waals surface area (Å²) in [5.41, 5.74) is 0.670. The van der Waals surface area contributed by atoms with Crippen LogP contribution in [0.1, 0.15) is 36.0 Å². The average molecular weight is 465 g/mol. The van der Waals surface area contributed by atoms with Gasteiger partial charge in [-0.1, -0.05) is 11.6 Å². The number of nitrogens with one attached hydrogen (secondary N) is 1. The van der Waals surface area contributed by atoms with Gasteiger partial charge in [-0.2, -0.15) is 4.31 Å². The van der Waals surface area contributed by atoms with E-state index in [0.717, 1.165) is 18.6 Å². The highest BCUT2D eigenvalue weighted by molar-refractivity contribution is 7.89. The second-order valence-corrected chi connectivity index (χ2v) is 10.0. The van der Waals surface area contributed by atoms with E-state index >= 15 is 0 Å². The molecular formula is C22H25ClN2O5S. The Balaban J connectivity index is 1.47. The van der Waals surface area contributed by atoms with Crippen LogP contribution < -0.4 is 10.1 Å². The number of hydrogen-bond donors (Lipinski definition) is 1. The second-order valence-electron chi connectivity index (χ2n) is 7.66. The summed E-state index contributed by atoms with van der Waals surface area (Å²) in [6.45, 7) is 1.25. The summed E-state index contributed by atoms with van der Waals surface area (Å²) >= 11 is 6.20. The number of carbonyl (C=O) groups excluding carboxylic acids is 1. The van der Waals surface area contributed by atoms with Crippen LogP contribution in [0.2, 0.25) is 5.02 Å². The molecule has 1 heterocycles. The fourth-order valence-corrected chi connectivity index (χ4v) is 5.43. The van der Waals surface area contributed by atoms with Crippen molar-refractivity contribution in [1.82, 2.24) is 4.31 Å². The van der Waals surface area contributed by atoms with E-state index in [1.165, 1.54) is 35.3 Å². The number of nitrogens with zero attached hydrogens (tertiary/aromatic N) is 1. The maximum absolute atomic E-state index is 12.9. The van der Waals surface area contributed by atoms with Gasteiger partial charge in [-0.3, -0.25) is 4.79 Å². The zero-order valence-electron chi connectivity index (χ0n) is 17.1. The Hall–Kier alpha value is -2.13. The lowest BCUT2D eigenvalue weighted by molar-refractivity contribution is 0.0730. The fraction of sp³-hybridized carbons (Fsp3) is 0.409. The van der Waals surface area contributed by atoms with Gasteiger partial charge in [0.1, 0.15) is 5.75 Å². The fourth-order valence-electron chi connectivity index (χ4n) is 3.79. The van der Waals surface area contributed by atoms with E-state index < -0.39 is 15.9 Å². The van der Waals surface area contributed by atoms with Crippen LogP contribution in [0.5, 0.6) is 5.75 Å². The molecule has 1 N–H and O–H groups in total. The van der Waals surface area contributed by atoms with Crippen LogP contribution in [-0.4, -0.2) is 51.0 Å². The van der Waals surface area contributed by atoms with E-state index in [9.17, 15) is 13.2 Å². The molecule has 1 saturated heterocycles. The molecule has 0 atom stereocenters. The van der Waals surface area contributed by atoms with Crippen LogP contribution >= 0.6 is 11.6 Å². The number of morpholine rings is 1. The number of ether oxygens (including phenoxy) is 2. The molecule has 1 aliphatic carbocycles. The molecule has 0 unspecified atom stereocenters. The first-order valence-electron chi connectivity index (χ1n) is 10.4. The van der Waals surface area contributed by atoms with Crippen LogP contribution in [0, 0.1) is 0 Å². The first-order valence-corrected chi connectivity index (χ1v) is 12.2. The molecule has 2 aromatic rings. The maximum Gasteiger partial charge on any atom is 0.257 e. The van der Waals surface area contributed by atoms with Gasteiger partial charge < -0.3 is 14.8 Å². The van der Waals surface area contributed by atoms with Crippen LogP contribution in [-0.2, 0) is 14.8 Å². The number of benzene rings is 2. The number of hydrogen-bond acceptors (Lipinski definition) is 5. The Morgan fingerprint density at radius 1 is 1.06 bits per heavy atom. The summed E-state index contributed by atoms with van der Waals surface area (Å²) in [7, 11) is -3.73. The van der Waals surface area contributed by atoms with Gasteiger partial charge in [0, 0.05) is 18.8 Å². The second kappa shape index (κ2) is 9.56. The van der Waals surface area contributed by atoms with Gasteiger partial charge in [-0.15, -0.1) is 0 Å². The van der Waals surface area contributed by atoms with Crippen molar-refractivity contribution in [1.29, 1.82) is 0 Å². The molecule has 1 amide bonds. The molecule has 0 aromatic heterocycles. The van der Waals surface area contributed by atoms with Crippen molar-refractivity contribution in [2.45, 2.75) is 36.7 Å². The minimum Gasteiger partial charge on any atom is -0.490 e. The molecule has 2 fully saturated rings. The van der Waals surface area contributed by atoms with E-state index in [1.54, 1.807) is 12.1 Å². The highest BCUT2D eigenvalue weighted by Gasteiger charge is 2.27. The molecule has 166 valence electrons. The molecule has 31 heavy (non-hydrogen) atoms. The minimum absolute atomic E-state index is 0.0317. The smallest absolute Gasteiger partial charge is 0.257 e. The molecule has 1 aliphatic heterocycles. The lowest BCUT2D eigenvalue weighted by Crippen LogP contribution is -2.40. The van der Waals surface area contributed by atoms with Crippen LogP contribution in [0.15, 0.2) is 47.4 Å². The largest absolute Gasteiger partial charge is 0.490 e. The van der Waals surface area contributed by atoms with Crippen molar-refractivity contribution in [2.75, 3.05) is 31.6 Å². The molecule has 0 radical (unpaired) electrons. The third-order valence-electron chi connectivity index (χ3n) is 5.51. The predicted octanol–water partition coefficient (Wildman–Crippen LogP) is 3.93. The third-order valence-corrected chi connectivity index (χ3v) is 7.73. The minimum atomic E-state index is -3.73. The normalized spacial score (nSPS) is 18.1. The van der Waals surface area contributed by atoms with Gasteiger partial charge in [-0.25, -0.2) is 8.42 Å². The Morgan fingerprint density at radius 3 is 2.42 bits per heavy atom. The van der Waals surface area contributed by atoms with Gasteiger partial charge >= 0.3 is 0 Å². The lowest BCUT2D eigenvalue weighted by atomic mass is 10.2. The zero-order valence-corrected chi connectivity index (χ0v) is 18.6. The predicted molar refractivity (Wildman–Crippen MR) is 118 cm³/mol. The number of sulfonamides is 1. The van der Waals surface area contributed by atoms with Crippen molar-refractivity contribution < 1.29 is 22.7 Å². The summed E-state index contributed by atoms with van der Waals surface area (Å²) in [5, 5.41) is 2.95. The van der Waals surface area contributed by atoms with Crippen molar-refractivity contribution in [3.63, 3.8) is 0 Å². The maximum atomic E-state index is 12.9. The number of halogens is 1. The number of rotatable bonds is 6. The molecule has 7 nitrogen and oxygen atoms in total. The molecule has 0 bridgehead atoms. The standard InChI is InChI=1S/C22H25ClN2O5S/c23-21-10-9-19(31(27,28)25-11-13-29-14-12-25)15-20(21)22(26)24-16-5-7-18(8-6-16)30-17-3-1-2-4-17/h5-10,15,17H,1-4,11-14H2,(H,24,26). The zero-order chi connectivity index (χ0) is 21.8. The van der Waals surface area contributed by atoms with E-state index in [2.05, 4.69) is 5.32 Å².